The molecule has 2 aromatic rings. The Kier molecular flexibility index (Phi) is 6.38. The van der Waals surface area contributed by atoms with Crippen LogP contribution in [-0.4, -0.2) is 9.38 Å². The lowest BCUT2D eigenvalue weighted by Gasteiger charge is -1.99. The fourth-order valence-electron chi connectivity index (χ4n) is 1.27. The van der Waals surface area contributed by atoms with Gasteiger partial charge in [0.25, 0.3) is 0 Å². The van der Waals surface area contributed by atoms with Crippen molar-refractivity contribution in [3.05, 3.63) is 35.7 Å². The summed E-state index contributed by atoms with van der Waals surface area (Å²) < 4.78 is 15.1. The smallest absolute Gasteiger partial charge is 0.151 e. The van der Waals surface area contributed by atoms with Crippen LogP contribution in [-0.2, 0) is 0 Å². The minimum atomic E-state index is -0.182. The fourth-order valence-corrected chi connectivity index (χ4v) is 1.27. The number of pyridine rings is 1. The number of aromatic nitrogens is 2. The molecular weight excluding hydrogens is 203 g/mol. The molecule has 2 rings (SSSR count). The second-order valence-corrected chi connectivity index (χ2v) is 2.87. The zero-order valence-corrected chi connectivity index (χ0v) is 11.0. The summed E-state index contributed by atoms with van der Waals surface area (Å²) in [5, 5.41) is 0. The molecule has 0 aliphatic carbocycles. The number of hydrogen-bond acceptors (Lipinski definition) is 1. The first-order valence-corrected chi connectivity index (χ1v) is 5.79. The van der Waals surface area contributed by atoms with Crippen LogP contribution >= 0.6 is 0 Å². The quantitative estimate of drug-likeness (QED) is 0.657. The number of rotatable bonds is 0. The molecule has 90 valence electrons. The molecule has 2 aromatic heterocycles. The molecule has 0 N–H and O–H groups in total. The van der Waals surface area contributed by atoms with Crippen molar-refractivity contribution in [3.8, 4) is 0 Å². The van der Waals surface area contributed by atoms with Crippen molar-refractivity contribution >= 4 is 5.52 Å². The van der Waals surface area contributed by atoms with E-state index in [1.807, 2.05) is 40.8 Å². The van der Waals surface area contributed by atoms with E-state index in [-0.39, 0.29) is 5.82 Å². The summed E-state index contributed by atoms with van der Waals surface area (Å²) in [6.45, 7) is 11.6. The Morgan fingerprint density at radius 3 is 2.25 bits per heavy atom. The van der Waals surface area contributed by atoms with E-state index in [9.17, 15) is 4.39 Å². The predicted molar refractivity (Wildman–Crippen MR) is 67.3 cm³/mol. The summed E-state index contributed by atoms with van der Waals surface area (Å²) in [6, 6.07) is 1.75. The van der Waals surface area contributed by atoms with E-state index in [1.54, 1.807) is 23.6 Å². The standard InChI is InChI=1S/C9H9FN2.2C2H6/c1-6-3-4-12-7(2)11-5-8(12)9(6)10;2*1-2/h3-5H,1-2H3;2*1-2H3. The Labute approximate surface area is 97.1 Å². The Morgan fingerprint density at radius 1 is 1.12 bits per heavy atom. The largest absolute Gasteiger partial charge is 0.301 e. The molecule has 0 aromatic carbocycles. The van der Waals surface area contributed by atoms with Crippen LogP contribution in [0.2, 0.25) is 0 Å². The highest BCUT2D eigenvalue weighted by molar-refractivity contribution is 5.49. The van der Waals surface area contributed by atoms with Gasteiger partial charge in [-0.15, -0.1) is 0 Å². The predicted octanol–water partition coefficient (Wildman–Crippen LogP) is 4.14. The van der Waals surface area contributed by atoms with E-state index in [4.69, 9.17) is 0 Å². The van der Waals surface area contributed by atoms with Crippen molar-refractivity contribution in [2.24, 2.45) is 0 Å². The number of aryl methyl sites for hydroxylation is 2. The number of nitrogens with zero attached hydrogens (tertiary/aromatic N) is 2. The van der Waals surface area contributed by atoms with Gasteiger partial charge in [-0.1, -0.05) is 27.7 Å². The van der Waals surface area contributed by atoms with Gasteiger partial charge in [0.1, 0.15) is 11.3 Å². The third-order valence-corrected chi connectivity index (χ3v) is 2.03. The lowest BCUT2D eigenvalue weighted by molar-refractivity contribution is 0.623. The zero-order chi connectivity index (χ0) is 12.7. The lowest BCUT2D eigenvalue weighted by Crippen LogP contribution is -1.91. The summed E-state index contributed by atoms with van der Waals surface area (Å²) in [5.74, 6) is 0.627. The average molecular weight is 224 g/mol. The minimum absolute atomic E-state index is 0.182. The number of halogens is 1. The van der Waals surface area contributed by atoms with Crippen LogP contribution < -0.4 is 0 Å². The molecule has 0 aliphatic rings. The van der Waals surface area contributed by atoms with Crippen LogP contribution in [0, 0.1) is 19.7 Å². The monoisotopic (exact) mass is 224 g/mol. The summed E-state index contributed by atoms with van der Waals surface area (Å²) in [4.78, 5) is 4.02. The van der Waals surface area contributed by atoms with Crippen molar-refractivity contribution in [1.29, 1.82) is 0 Å². The molecule has 0 fully saturated rings. The molecule has 2 nitrogen and oxygen atoms in total. The normalized spacial score (nSPS) is 8.94. The van der Waals surface area contributed by atoms with Gasteiger partial charge in [0.2, 0.25) is 0 Å². The molecule has 0 atom stereocenters. The molecule has 0 saturated heterocycles. The Balaban J connectivity index is 0.000000509. The van der Waals surface area contributed by atoms with Gasteiger partial charge in [0.15, 0.2) is 5.82 Å². The molecule has 3 heteroatoms. The summed E-state index contributed by atoms with van der Waals surface area (Å²) >= 11 is 0. The van der Waals surface area contributed by atoms with Gasteiger partial charge < -0.3 is 4.40 Å². The van der Waals surface area contributed by atoms with E-state index < -0.39 is 0 Å². The topological polar surface area (TPSA) is 17.3 Å². The van der Waals surface area contributed by atoms with Crippen LogP contribution in [0.3, 0.4) is 0 Å². The molecule has 0 aliphatic heterocycles. The third-order valence-electron chi connectivity index (χ3n) is 2.03. The van der Waals surface area contributed by atoms with Gasteiger partial charge >= 0.3 is 0 Å². The SMILES string of the molecule is CC.CC.Cc1ccn2c(C)ncc2c1F. The van der Waals surface area contributed by atoms with Crippen molar-refractivity contribution in [3.63, 3.8) is 0 Å². The molecule has 0 spiro atoms. The number of fused-ring (bicyclic) bond motifs is 1. The Bertz CT molecular complexity index is 433. The molecular formula is C13H21FN2. The molecule has 16 heavy (non-hydrogen) atoms. The highest BCUT2D eigenvalue weighted by Crippen LogP contribution is 2.14. The highest BCUT2D eigenvalue weighted by atomic mass is 19.1. The maximum absolute atomic E-state index is 13.4. The third kappa shape index (κ3) is 2.81. The lowest BCUT2D eigenvalue weighted by atomic mass is 10.2. The van der Waals surface area contributed by atoms with Crippen LogP contribution in [0.4, 0.5) is 4.39 Å². The molecule has 2 heterocycles. The highest BCUT2D eigenvalue weighted by Gasteiger charge is 2.05. The average Bonchev–Trinajstić information content (AvgIpc) is 2.72. The number of hydrogen-bond donors (Lipinski definition) is 0. The van der Waals surface area contributed by atoms with E-state index in [1.165, 1.54) is 0 Å². The van der Waals surface area contributed by atoms with Crippen LogP contribution in [0.5, 0.6) is 0 Å². The Morgan fingerprint density at radius 2 is 1.69 bits per heavy atom. The molecule has 0 unspecified atom stereocenters. The van der Waals surface area contributed by atoms with E-state index in [2.05, 4.69) is 4.98 Å². The second-order valence-electron chi connectivity index (χ2n) is 2.87. The van der Waals surface area contributed by atoms with Gasteiger partial charge in [0.05, 0.1) is 6.20 Å². The Hall–Kier alpha value is -1.38. The maximum atomic E-state index is 13.4. The maximum Gasteiger partial charge on any atom is 0.151 e. The second kappa shape index (κ2) is 6.99. The minimum Gasteiger partial charge on any atom is -0.301 e. The van der Waals surface area contributed by atoms with Gasteiger partial charge in [0, 0.05) is 6.20 Å². The van der Waals surface area contributed by atoms with Gasteiger partial charge in [-0.2, -0.15) is 0 Å². The van der Waals surface area contributed by atoms with E-state index in [0.29, 0.717) is 11.1 Å². The first-order chi connectivity index (χ1) is 7.70. The van der Waals surface area contributed by atoms with Crippen LogP contribution in [0.15, 0.2) is 18.5 Å². The molecule has 0 saturated carbocycles. The van der Waals surface area contributed by atoms with Gasteiger partial charge in [-0.25, -0.2) is 9.37 Å². The molecule has 0 radical (unpaired) electrons. The molecule has 0 bridgehead atoms. The van der Waals surface area contributed by atoms with Crippen molar-refractivity contribution in [2.45, 2.75) is 41.5 Å². The zero-order valence-electron chi connectivity index (χ0n) is 11.0. The van der Waals surface area contributed by atoms with Crippen molar-refractivity contribution < 1.29 is 4.39 Å². The van der Waals surface area contributed by atoms with Crippen LogP contribution in [0.25, 0.3) is 5.52 Å². The molecule has 0 amide bonds. The van der Waals surface area contributed by atoms with Gasteiger partial charge in [-0.05, 0) is 25.5 Å². The number of imidazole rings is 1. The first-order valence-electron chi connectivity index (χ1n) is 5.79. The van der Waals surface area contributed by atoms with Gasteiger partial charge in [-0.3, -0.25) is 0 Å². The summed E-state index contributed by atoms with van der Waals surface area (Å²) in [6.07, 6.45) is 3.38. The van der Waals surface area contributed by atoms with Crippen molar-refractivity contribution in [2.75, 3.05) is 0 Å². The first kappa shape index (κ1) is 14.6. The van der Waals surface area contributed by atoms with E-state index >= 15 is 0 Å². The van der Waals surface area contributed by atoms with Crippen LogP contribution in [0.1, 0.15) is 39.1 Å². The van der Waals surface area contributed by atoms with Crippen molar-refractivity contribution in [1.82, 2.24) is 9.38 Å². The summed E-state index contributed by atoms with van der Waals surface area (Å²) in [5.41, 5.74) is 1.20. The van der Waals surface area contributed by atoms with E-state index in [0.717, 1.165) is 5.82 Å². The summed E-state index contributed by atoms with van der Waals surface area (Å²) in [7, 11) is 0. The fraction of sp³-hybridized carbons (Fsp3) is 0.462.